The highest BCUT2D eigenvalue weighted by Gasteiger charge is 2.36. The van der Waals surface area contributed by atoms with E-state index in [-0.39, 0.29) is 23.3 Å². The van der Waals surface area contributed by atoms with Gasteiger partial charge in [-0.25, -0.2) is 4.39 Å². The number of carbonyl (C=O) groups excluding carboxylic acids is 1. The van der Waals surface area contributed by atoms with Crippen molar-refractivity contribution in [3.05, 3.63) is 29.6 Å². The zero-order chi connectivity index (χ0) is 14.3. The van der Waals surface area contributed by atoms with Gasteiger partial charge < -0.3 is 15.3 Å². The molecule has 2 bridgehead atoms. The van der Waals surface area contributed by atoms with Gasteiger partial charge in [0.25, 0.3) is 5.91 Å². The minimum absolute atomic E-state index is 0.0242. The maximum Gasteiger partial charge on any atom is 0.256 e. The Morgan fingerprint density at radius 3 is 2.60 bits per heavy atom. The number of amides is 1. The van der Waals surface area contributed by atoms with Crippen molar-refractivity contribution in [2.75, 3.05) is 7.05 Å². The molecule has 2 aliphatic rings. The second-order valence-electron chi connectivity index (χ2n) is 5.84. The van der Waals surface area contributed by atoms with E-state index in [1.807, 2.05) is 0 Å². The molecule has 0 saturated carbocycles. The van der Waals surface area contributed by atoms with Gasteiger partial charge in [0.1, 0.15) is 11.6 Å². The van der Waals surface area contributed by atoms with Gasteiger partial charge in [-0.1, -0.05) is 0 Å². The molecule has 2 N–H and O–H groups in total. The summed E-state index contributed by atoms with van der Waals surface area (Å²) in [5, 5.41) is 12.7. The van der Waals surface area contributed by atoms with Crippen molar-refractivity contribution >= 4 is 5.91 Å². The SMILES string of the molecule is CN(C(=O)c1ccc(O)cc1F)C1CC2CCC(C1)N2. The molecule has 0 aromatic heterocycles. The monoisotopic (exact) mass is 278 g/mol. The van der Waals surface area contributed by atoms with Crippen LogP contribution in [0, 0.1) is 5.82 Å². The fraction of sp³-hybridized carbons (Fsp3) is 0.533. The lowest BCUT2D eigenvalue weighted by atomic mass is 9.98. The van der Waals surface area contributed by atoms with Gasteiger partial charge in [0.15, 0.2) is 0 Å². The zero-order valence-corrected chi connectivity index (χ0v) is 11.5. The summed E-state index contributed by atoms with van der Waals surface area (Å²) in [5.41, 5.74) is 0.0242. The van der Waals surface area contributed by atoms with Crippen LogP contribution in [0.5, 0.6) is 5.75 Å². The first kappa shape index (κ1) is 13.4. The summed E-state index contributed by atoms with van der Waals surface area (Å²) in [7, 11) is 1.74. The van der Waals surface area contributed by atoms with Gasteiger partial charge >= 0.3 is 0 Å². The van der Waals surface area contributed by atoms with Crippen LogP contribution in [0.3, 0.4) is 0 Å². The largest absolute Gasteiger partial charge is 0.508 e. The summed E-state index contributed by atoms with van der Waals surface area (Å²) in [6.07, 6.45) is 4.18. The van der Waals surface area contributed by atoms with Gasteiger partial charge in [0, 0.05) is 31.2 Å². The van der Waals surface area contributed by atoms with Gasteiger partial charge in [-0.3, -0.25) is 4.79 Å². The van der Waals surface area contributed by atoms with Gasteiger partial charge in [-0.2, -0.15) is 0 Å². The second kappa shape index (κ2) is 5.05. The van der Waals surface area contributed by atoms with E-state index in [1.54, 1.807) is 11.9 Å². The van der Waals surface area contributed by atoms with Crippen molar-refractivity contribution in [2.24, 2.45) is 0 Å². The average molecular weight is 278 g/mol. The maximum atomic E-state index is 13.8. The summed E-state index contributed by atoms with van der Waals surface area (Å²) in [6, 6.07) is 4.80. The van der Waals surface area contributed by atoms with Gasteiger partial charge in [-0.05, 0) is 37.8 Å². The number of phenolic OH excluding ortho intramolecular Hbond substituents is 1. The quantitative estimate of drug-likeness (QED) is 0.868. The number of piperidine rings is 1. The van der Waals surface area contributed by atoms with E-state index in [9.17, 15) is 14.3 Å². The number of carbonyl (C=O) groups is 1. The number of fused-ring (bicyclic) bond motifs is 2. The first-order chi connectivity index (χ1) is 9.54. The van der Waals surface area contributed by atoms with Crippen LogP contribution in [0.2, 0.25) is 0 Å². The molecule has 2 unspecified atom stereocenters. The number of benzene rings is 1. The Hall–Kier alpha value is -1.62. The van der Waals surface area contributed by atoms with Crippen molar-refractivity contribution < 1.29 is 14.3 Å². The van der Waals surface area contributed by atoms with E-state index >= 15 is 0 Å². The molecule has 0 aliphatic carbocycles. The minimum Gasteiger partial charge on any atom is -0.508 e. The number of nitrogens with one attached hydrogen (secondary N) is 1. The van der Waals surface area contributed by atoms with E-state index in [0.717, 1.165) is 31.7 Å². The summed E-state index contributed by atoms with van der Waals surface area (Å²) >= 11 is 0. The molecule has 5 heteroatoms. The molecule has 0 radical (unpaired) electrons. The van der Waals surface area contributed by atoms with Gasteiger partial charge in [0.2, 0.25) is 0 Å². The molecule has 2 fully saturated rings. The van der Waals surface area contributed by atoms with Crippen LogP contribution in [0.1, 0.15) is 36.0 Å². The predicted octanol–water partition coefficient (Wildman–Crippen LogP) is 1.89. The molecule has 2 atom stereocenters. The smallest absolute Gasteiger partial charge is 0.256 e. The number of nitrogens with zero attached hydrogens (tertiary/aromatic N) is 1. The maximum absolute atomic E-state index is 13.8. The number of aromatic hydroxyl groups is 1. The number of hydrogen-bond donors (Lipinski definition) is 2. The Kier molecular flexibility index (Phi) is 3.38. The fourth-order valence-corrected chi connectivity index (χ4v) is 3.38. The van der Waals surface area contributed by atoms with Gasteiger partial charge in [0.05, 0.1) is 5.56 Å². The van der Waals surface area contributed by atoms with Crippen LogP contribution < -0.4 is 5.32 Å². The molecule has 2 heterocycles. The van der Waals surface area contributed by atoms with E-state index in [1.165, 1.54) is 12.1 Å². The third-order valence-electron chi connectivity index (χ3n) is 4.50. The van der Waals surface area contributed by atoms with Crippen molar-refractivity contribution in [3.63, 3.8) is 0 Å². The average Bonchev–Trinajstić information content (AvgIpc) is 2.76. The number of hydrogen-bond acceptors (Lipinski definition) is 3. The Balaban J connectivity index is 1.76. The van der Waals surface area contributed by atoms with Crippen LogP contribution in [0.25, 0.3) is 0 Å². The Morgan fingerprint density at radius 1 is 1.35 bits per heavy atom. The standard InChI is InChI=1S/C15H19FN2O2/c1-18(11-6-9-2-3-10(7-11)17-9)15(20)13-5-4-12(19)8-14(13)16/h4-5,8-11,17,19H,2-3,6-7H2,1H3. The molecule has 20 heavy (non-hydrogen) atoms. The lowest BCUT2D eigenvalue weighted by molar-refractivity contribution is 0.0677. The van der Waals surface area contributed by atoms with Crippen LogP contribution in [0.15, 0.2) is 18.2 Å². The number of halogens is 1. The third-order valence-corrected chi connectivity index (χ3v) is 4.50. The first-order valence-corrected chi connectivity index (χ1v) is 7.06. The lowest BCUT2D eigenvalue weighted by Gasteiger charge is -2.35. The molecular formula is C15H19FN2O2. The zero-order valence-electron chi connectivity index (χ0n) is 11.5. The van der Waals surface area contributed by atoms with Crippen molar-refractivity contribution in [1.82, 2.24) is 10.2 Å². The third kappa shape index (κ3) is 2.38. The summed E-state index contributed by atoms with van der Waals surface area (Å²) in [5.74, 6) is -1.14. The molecule has 1 aromatic carbocycles. The Labute approximate surface area is 117 Å². The van der Waals surface area contributed by atoms with Crippen molar-refractivity contribution in [1.29, 1.82) is 0 Å². The lowest BCUT2D eigenvalue weighted by Crippen LogP contribution is -2.48. The summed E-state index contributed by atoms with van der Waals surface area (Å²) in [6.45, 7) is 0. The van der Waals surface area contributed by atoms with Crippen molar-refractivity contribution in [2.45, 2.75) is 43.8 Å². The molecule has 4 nitrogen and oxygen atoms in total. The highest BCUT2D eigenvalue weighted by molar-refractivity contribution is 5.94. The Morgan fingerprint density at radius 2 is 2.00 bits per heavy atom. The second-order valence-corrected chi connectivity index (χ2v) is 5.84. The van der Waals surface area contributed by atoms with Crippen LogP contribution in [-0.4, -0.2) is 41.1 Å². The topological polar surface area (TPSA) is 52.6 Å². The van der Waals surface area contributed by atoms with E-state index in [4.69, 9.17) is 0 Å². The fourth-order valence-electron chi connectivity index (χ4n) is 3.38. The first-order valence-electron chi connectivity index (χ1n) is 7.06. The molecule has 2 saturated heterocycles. The summed E-state index contributed by atoms with van der Waals surface area (Å²) < 4.78 is 13.8. The molecular weight excluding hydrogens is 259 g/mol. The molecule has 3 rings (SSSR count). The highest BCUT2D eigenvalue weighted by Crippen LogP contribution is 2.30. The molecule has 0 spiro atoms. The van der Waals surface area contributed by atoms with E-state index in [0.29, 0.717) is 12.1 Å². The van der Waals surface area contributed by atoms with Crippen molar-refractivity contribution in [3.8, 4) is 5.75 Å². The molecule has 2 aliphatic heterocycles. The number of rotatable bonds is 2. The van der Waals surface area contributed by atoms with Gasteiger partial charge in [-0.15, -0.1) is 0 Å². The van der Waals surface area contributed by atoms with Crippen LogP contribution in [0.4, 0.5) is 4.39 Å². The normalized spacial score (nSPS) is 28.4. The minimum atomic E-state index is -0.668. The molecule has 108 valence electrons. The molecule has 1 amide bonds. The number of phenols is 1. The van der Waals surface area contributed by atoms with Crippen LogP contribution in [-0.2, 0) is 0 Å². The Bertz CT molecular complexity index is 523. The highest BCUT2D eigenvalue weighted by atomic mass is 19.1. The van der Waals surface area contributed by atoms with Crippen LogP contribution >= 0.6 is 0 Å². The molecule has 1 aromatic rings. The van der Waals surface area contributed by atoms with E-state index < -0.39 is 5.82 Å². The van der Waals surface area contributed by atoms with E-state index in [2.05, 4.69) is 5.32 Å². The summed E-state index contributed by atoms with van der Waals surface area (Å²) in [4.78, 5) is 14.0. The predicted molar refractivity (Wildman–Crippen MR) is 73.1 cm³/mol.